The normalized spacial score (nSPS) is 11.2. The van der Waals surface area contributed by atoms with Gasteiger partial charge in [0.15, 0.2) is 0 Å². The van der Waals surface area contributed by atoms with Crippen LogP contribution in [0.25, 0.3) is 0 Å². The number of hydrogen-bond acceptors (Lipinski definition) is 2. The Labute approximate surface area is 123 Å². The number of benzene rings is 2. The molecule has 1 amide bonds. The maximum atomic E-state index is 12.9. The zero-order valence-electron chi connectivity index (χ0n) is 10.5. The van der Waals surface area contributed by atoms with Gasteiger partial charge in [0.05, 0.1) is 16.3 Å². The van der Waals surface area contributed by atoms with Crippen LogP contribution in [0, 0.1) is 0 Å². The highest BCUT2D eigenvalue weighted by Crippen LogP contribution is 2.38. The number of anilines is 2. The van der Waals surface area contributed by atoms with E-state index in [0.717, 1.165) is 6.07 Å². The average molecular weight is 315 g/mol. The molecule has 2 aromatic carbocycles. The third kappa shape index (κ3) is 3.46. The SMILES string of the molecule is Nc1ccc(C(=O)Nc2c(Cl)cccc2C(F)(F)F)cc1. The Morgan fingerprint density at radius 2 is 1.71 bits per heavy atom. The molecule has 110 valence electrons. The van der Waals surface area contributed by atoms with Crippen molar-refractivity contribution in [2.24, 2.45) is 0 Å². The zero-order chi connectivity index (χ0) is 15.6. The summed E-state index contributed by atoms with van der Waals surface area (Å²) in [6, 6.07) is 9.08. The molecule has 0 fully saturated rings. The van der Waals surface area contributed by atoms with Crippen molar-refractivity contribution in [2.45, 2.75) is 6.18 Å². The molecule has 0 aliphatic carbocycles. The van der Waals surface area contributed by atoms with E-state index in [9.17, 15) is 18.0 Å². The highest BCUT2D eigenvalue weighted by molar-refractivity contribution is 6.34. The molecule has 2 aromatic rings. The lowest BCUT2D eigenvalue weighted by molar-refractivity contribution is -0.136. The molecule has 0 bridgehead atoms. The van der Waals surface area contributed by atoms with Gasteiger partial charge in [-0.15, -0.1) is 0 Å². The van der Waals surface area contributed by atoms with Gasteiger partial charge >= 0.3 is 6.18 Å². The summed E-state index contributed by atoms with van der Waals surface area (Å²) in [5, 5.41) is 2.00. The van der Waals surface area contributed by atoms with E-state index in [1.165, 1.54) is 36.4 Å². The standard InChI is InChI=1S/C14H10ClF3N2O/c15-11-3-1-2-10(14(16,17)18)12(11)20-13(21)8-4-6-9(19)7-5-8/h1-7H,19H2,(H,20,21). The van der Waals surface area contributed by atoms with Crippen LogP contribution in [0.1, 0.15) is 15.9 Å². The zero-order valence-corrected chi connectivity index (χ0v) is 11.3. The van der Waals surface area contributed by atoms with Crippen LogP contribution in [0.3, 0.4) is 0 Å². The van der Waals surface area contributed by atoms with Crippen LogP contribution in [0.2, 0.25) is 5.02 Å². The third-order valence-corrected chi connectivity index (χ3v) is 3.05. The van der Waals surface area contributed by atoms with E-state index in [4.69, 9.17) is 17.3 Å². The summed E-state index contributed by atoms with van der Waals surface area (Å²) in [6.07, 6.45) is -4.62. The fraction of sp³-hybridized carbons (Fsp3) is 0.0714. The molecule has 3 nitrogen and oxygen atoms in total. The van der Waals surface area contributed by atoms with E-state index in [0.29, 0.717) is 5.69 Å². The van der Waals surface area contributed by atoms with Gasteiger partial charge in [-0.25, -0.2) is 0 Å². The lowest BCUT2D eigenvalue weighted by Gasteiger charge is -2.15. The first-order valence-electron chi connectivity index (χ1n) is 5.81. The monoisotopic (exact) mass is 314 g/mol. The number of carbonyl (C=O) groups excluding carboxylic acids is 1. The second kappa shape index (κ2) is 5.65. The molecule has 0 atom stereocenters. The molecule has 0 aliphatic rings. The van der Waals surface area contributed by atoms with Crippen molar-refractivity contribution in [1.82, 2.24) is 0 Å². The van der Waals surface area contributed by atoms with Gasteiger partial charge in [-0.3, -0.25) is 4.79 Å². The summed E-state index contributed by atoms with van der Waals surface area (Å²) < 4.78 is 38.7. The smallest absolute Gasteiger partial charge is 0.399 e. The number of para-hydroxylation sites is 1. The molecule has 0 aliphatic heterocycles. The van der Waals surface area contributed by atoms with Crippen LogP contribution in [0.5, 0.6) is 0 Å². The Morgan fingerprint density at radius 3 is 2.29 bits per heavy atom. The van der Waals surface area contributed by atoms with Crippen molar-refractivity contribution in [1.29, 1.82) is 0 Å². The van der Waals surface area contributed by atoms with Gasteiger partial charge < -0.3 is 11.1 Å². The van der Waals surface area contributed by atoms with Crippen molar-refractivity contribution in [3.8, 4) is 0 Å². The number of halogens is 4. The summed E-state index contributed by atoms with van der Waals surface area (Å²) in [6.45, 7) is 0. The first kappa shape index (κ1) is 15.2. The molecule has 21 heavy (non-hydrogen) atoms. The molecule has 0 saturated heterocycles. The predicted octanol–water partition coefficient (Wildman–Crippen LogP) is 4.19. The molecule has 0 heterocycles. The molecule has 0 saturated carbocycles. The molecule has 0 aromatic heterocycles. The van der Waals surface area contributed by atoms with Crippen LogP contribution in [-0.2, 0) is 6.18 Å². The Kier molecular flexibility index (Phi) is 4.09. The molecular formula is C14H10ClF3N2O. The molecular weight excluding hydrogens is 305 g/mol. The van der Waals surface area contributed by atoms with Gasteiger partial charge in [0.1, 0.15) is 0 Å². The summed E-state index contributed by atoms with van der Waals surface area (Å²) in [5.74, 6) is -0.700. The highest BCUT2D eigenvalue weighted by atomic mass is 35.5. The second-order valence-electron chi connectivity index (χ2n) is 4.24. The molecule has 2 rings (SSSR count). The number of nitrogens with one attached hydrogen (secondary N) is 1. The quantitative estimate of drug-likeness (QED) is 0.816. The Morgan fingerprint density at radius 1 is 1.10 bits per heavy atom. The number of nitrogens with two attached hydrogens (primary N) is 1. The minimum absolute atomic E-state index is 0.178. The molecule has 3 N–H and O–H groups in total. The van der Waals surface area contributed by atoms with Crippen molar-refractivity contribution >= 4 is 28.9 Å². The number of carbonyl (C=O) groups is 1. The summed E-state index contributed by atoms with van der Waals surface area (Å²) >= 11 is 5.76. The number of hydrogen-bond donors (Lipinski definition) is 2. The lowest BCUT2D eigenvalue weighted by Crippen LogP contribution is -2.17. The fourth-order valence-corrected chi connectivity index (χ4v) is 1.93. The van der Waals surface area contributed by atoms with Crippen molar-refractivity contribution < 1.29 is 18.0 Å². The molecule has 7 heteroatoms. The maximum absolute atomic E-state index is 12.9. The number of nitrogen functional groups attached to an aromatic ring is 1. The minimum Gasteiger partial charge on any atom is -0.399 e. The van der Waals surface area contributed by atoms with E-state index < -0.39 is 23.3 Å². The van der Waals surface area contributed by atoms with Gasteiger partial charge in [-0.2, -0.15) is 13.2 Å². The molecule has 0 radical (unpaired) electrons. The highest BCUT2D eigenvalue weighted by Gasteiger charge is 2.34. The maximum Gasteiger partial charge on any atom is 0.418 e. The van der Waals surface area contributed by atoms with E-state index >= 15 is 0 Å². The summed E-state index contributed by atoms with van der Waals surface area (Å²) in [5.41, 5.74) is 4.64. The Balaban J connectivity index is 2.35. The van der Waals surface area contributed by atoms with E-state index in [1.807, 2.05) is 0 Å². The predicted molar refractivity (Wildman–Crippen MR) is 75.3 cm³/mol. The lowest BCUT2D eigenvalue weighted by atomic mass is 10.1. The fourth-order valence-electron chi connectivity index (χ4n) is 1.71. The molecule has 0 spiro atoms. The minimum atomic E-state index is -4.62. The number of rotatable bonds is 2. The van der Waals surface area contributed by atoms with Crippen LogP contribution < -0.4 is 11.1 Å². The van der Waals surface area contributed by atoms with E-state index in [1.54, 1.807) is 0 Å². The first-order valence-corrected chi connectivity index (χ1v) is 6.19. The second-order valence-corrected chi connectivity index (χ2v) is 4.64. The summed E-state index contributed by atoms with van der Waals surface area (Å²) in [4.78, 5) is 12.0. The van der Waals surface area contributed by atoms with Crippen LogP contribution >= 0.6 is 11.6 Å². The van der Waals surface area contributed by atoms with Crippen molar-refractivity contribution in [3.63, 3.8) is 0 Å². The van der Waals surface area contributed by atoms with Crippen molar-refractivity contribution in [3.05, 3.63) is 58.6 Å². The van der Waals surface area contributed by atoms with Gasteiger partial charge in [0.2, 0.25) is 0 Å². The average Bonchev–Trinajstić information content (AvgIpc) is 2.40. The number of alkyl halides is 3. The topological polar surface area (TPSA) is 55.1 Å². The largest absolute Gasteiger partial charge is 0.418 e. The number of amides is 1. The van der Waals surface area contributed by atoms with Crippen LogP contribution in [-0.4, -0.2) is 5.91 Å². The van der Waals surface area contributed by atoms with E-state index in [2.05, 4.69) is 5.32 Å². The van der Waals surface area contributed by atoms with Crippen LogP contribution in [0.4, 0.5) is 24.5 Å². The van der Waals surface area contributed by atoms with Gasteiger partial charge in [0.25, 0.3) is 5.91 Å². The Hall–Kier alpha value is -2.21. The van der Waals surface area contributed by atoms with Gasteiger partial charge in [0, 0.05) is 11.3 Å². The van der Waals surface area contributed by atoms with Gasteiger partial charge in [-0.1, -0.05) is 17.7 Å². The first-order chi connectivity index (χ1) is 9.79. The van der Waals surface area contributed by atoms with Crippen molar-refractivity contribution in [2.75, 3.05) is 11.1 Å². The molecule has 0 unspecified atom stereocenters. The van der Waals surface area contributed by atoms with Gasteiger partial charge in [-0.05, 0) is 36.4 Å². The Bertz CT molecular complexity index is 669. The third-order valence-electron chi connectivity index (χ3n) is 2.73. The summed E-state index contributed by atoms with van der Waals surface area (Å²) in [7, 11) is 0. The van der Waals surface area contributed by atoms with Crippen LogP contribution in [0.15, 0.2) is 42.5 Å². The van der Waals surface area contributed by atoms with E-state index in [-0.39, 0.29) is 10.6 Å².